The van der Waals surface area contributed by atoms with Gasteiger partial charge in [-0.15, -0.1) is 0 Å². The molecule has 0 heterocycles. The van der Waals surface area contributed by atoms with Crippen molar-refractivity contribution in [2.45, 2.75) is 38.0 Å². The molecular formula is C24H24. The molecule has 0 nitrogen and oxygen atoms in total. The smallest absolute Gasteiger partial charge is 0.00840 e. The van der Waals surface area contributed by atoms with Crippen molar-refractivity contribution in [3.8, 4) is 0 Å². The van der Waals surface area contributed by atoms with Gasteiger partial charge in [-0.05, 0) is 65.8 Å². The molecule has 1 aliphatic carbocycles. The summed E-state index contributed by atoms with van der Waals surface area (Å²) < 4.78 is 0. The van der Waals surface area contributed by atoms with Crippen LogP contribution in [0.5, 0.6) is 0 Å². The normalized spacial score (nSPS) is 19.2. The second kappa shape index (κ2) is 6.65. The van der Waals surface area contributed by atoms with Gasteiger partial charge in [0.05, 0.1) is 0 Å². The molecule has 0 bridgehead atoms. The lowest BCUT2D eigenvalue weighted by atomic mass is 9.94. The van der Waals surface area contributed by atoms with Gasteiger partial charge in [-0.1, -0.05) is 78.9 Å². The molecule has 2 unspecified atom stereocenters. The molecule has 3 aromatic rings. The van der Waals surface area contributed by atoms with Crippen molar-refractivity contribution in [3.05, 3.63) is 107 Å². The van der Waals surface area contributed by atoms with Gasteiger partial charge >= 0.3 is 0 Å². The summed E-state index contributed by atoms with van der Waals surface area (Å²) in [7, 11) is 0. The Labute approximate surface area is 145 Å². The molecule has 0 aromatic heterocycles. The average Bonchev–Trinajstić information content (AvgIpc) is 3.42. The summed E-state index contributed by atoms with van der Waals surface area (Å²) in [6.07, 6.45) is 3.56. The molecule has 0 amide bonds. The van der Waals surface area contributed by atoms with Crippen LogP contribution in [-0.4, -0.2) is 0 Å². The quantitative estimate of drug-likeness (QED) is 0.538. The topological polar surface area (TPSA) is 0 Å². The fraction of sp³-hybridized carbons (Fsp3) is 0.250. The Hall–Kier alpha value is -2.34. The minimum absolute atomic E-state index is 0.707. The van der Waals surface area contributed by atoms with E-state index in [0.29, 0.717) is 11.8 Å². The number of hydrogen-bond acceptors (Lipinski definition) is 0. The van der Waals surface area contributed by atoms with Crippen molar-refractivity contribution < 1.29 is 0 Å². The third-order valence-electron chi connectivity index (χ3n) is 5.36. The number of hydrogen-bond donors (Lipinski definition) is 0. The van der Waals surface area contributed by atoms with Gasteiger partial charge in [-0.3, -0.25) is 0 Å². The molecule has 1 aliphatic rings. The first-order chi connectivity index (χ1) is 11.8. The average molecular weight is 312 g/mol. The number of rotatable bonds is 5. The Morgan fingerprint density at radius 2 is 1.29 bits per heavy atom. The zero-order valence-electron chi connectivity index (χ0n) is 14.3. The van der Waals surface area contributed by atoms with Gasteiger partial charge in [0.25, 0.3) is 0 Å². The van der Waals surface area contributed by atoms with Crippen LogP contribution in [0.2, 0.25) is 0 Å². The van der Waals surface area contributed by atoms with Crippen molar-refractivity contribution in [2.24, 2.45) is 0 Å². The monoisotopic (exact) mass is 312 g/mol. The van der Waals surface area contributed by atoms with Gasteiger partial charge in [0, 0.05) is 0 Å². The van der Waals surface area contributed by atoms with E-state index in [1.807, 2.05) is 0 Å². The van der Waals surface area contributed by atoms with E-state index in [4.69, 9.17) is 0 Å². The Morgan fingerprint density at radius 3 is 2.08 bits per heavy atom. The minimum atomic E-state index is 0.707. The van der Waals surface area contributed by atoms with Crippen LogP contribution in [0, 0.1) is 6.92 Å². The first-order valence-electron chi connectivity index (χ1n) is 9.00. The van der Waals surface area contributed by atoms with E-state index >= 15 is 0 Å². The second-order valence-corrected chi connectivity index (χ2v) is 6.99. The predicted octanol–water partition coefficient (Wildman–Crippen LogP) is 6.05. The highest BCUT2D eigenvalue weighted by Gasteiger charge is 2.40. The molecule has 2 atom stereocenters. The predicted molar refractivity (Wildman–Crippen MR) is 102 cm³/mol. The standard InChI is InChI=1S/C24H24/c1-18-9-5-7-13-21(18)23-17-24(23)22-14-8-6-12-20(22)16-15-19-10-3-2-4-11-19/h2-14,23-24H,15-17H2,1H3. The molecule has 120 valence electrons. The van der Waals surface area contributed by atoms with Crippen LogP contribution < -0.4 is 0 Å². The molecule has 3 aromatic carbocycles. The summed E-state index contributed by atoms with van der Waals surface area (Å²) in [5.41, 5.74) is 7.51. The third-order valence-corrected chi connectivity index (χ3v) is 5.36. The Kier molecular flexibility index (Phi) is 4.21. The first kappa shape index (κ1) is 15.2. The lowest BCUT2D eigenvalue weighted by Crippen LogP contribution is -1.97. The van der Waals surface area contributed by atoms with E-state index in [9.17, 15) is 0 Å². The van der Waals surface area contributed by atoms with Crippen LogP contribution in [0.1, 0.15) is 46.1 Å². The highest BCUT2D eigenvalue weighted by Crippen LogP contribution is 2.56. The maximum Gasteiger partial charge on any atom is -0.00840 e. The van der Waals surface area contributed by atoms with Crippen LogP contribution in [0.15, 0.2) is 78.9 Å². The molecule has 0 N–H and O–H groups in total. The van der Waals surface area contributed by atoms with Crippen molar-refractivity contribution >= 4 is 0 Å². The van der Waals surface area contributed by atoms with Gasteiger partial charge in [0.15, 0.2) is 0 Å². The largest absolute Gasteiger partial charge is 0.0622 e. The van der Waals surface area contributed by atoms with E-state index in [1.165, 1.54) is 23.1 Å². The second-order valence-electron chi connectivity index (χ2n) is 6.99. The summed E-state index contributed by atoms with van der Waals surface area (Å²) in [5, 5.41) is 0. The van der Waals surface area contributed by atoms with Crippen LogP contribution in [0.25, 0.3) is 0 Å². The zero-order chi connectivity index (χ0) is 16.4. The molecule has 0 aliphatic heterocycles. The molecule has 24 heavy (non-hydrogen) atoms. The Bertz CT molecular complexity index is 816. The van der Waals surface area contributed by atoms with E-state index < -0.39 is 0 Å². The van der Waals surface area contributed by atoms with Gasteiger partial charge in [0.2, 0.25) is 0 Å². The summed E-state index contributed by atoms with van der Waals surface area (Å²) in [4.78, 5) is 0. The lowest BCUT2D eigenvalue weighted by molar-refractivity contribution is 0.914. The van der Waals surface area contributed by atoms with E-state index in [0.717, 1.165) is 12.8 Å². The zero-order valence-corrected chi connectivity index (χ0v) is 14.3. The third kappa shape index (κ3) is 3.14. The van der Waals surface area contributed by atoms with Crippen LogP contribution in [0.3, 0.4) is 0 Å². The summed E-state index contributed by atoms with van der Waals surface area (Å²) in [6.45, 7) is 2.24. The van der Waals surface area contributed by atoms with E-state index in [2.05, 4.69) is 85.8 Å². The van der Waals surface area contributed by atoms with Crippen LogP contribution in [-0.2, 0) is 12.8 Å². The minimum Gasteiger partial charge on any atom is -0.0622 e. The first-order valence-corrected chi connectivity index (χ1v) is 9.00. The molecule has 0 radical (unpaired) electrons. The Balaban J connectivity index is 1.52. The number of benzene rings is 3. The maximum absolute atomic E-state index is 2.35. The molecular weight excluding hydrogens is 288 g/mol. The van der Waals surface area contributed by atoms with E-state index in [1.54, 1.807) is 11.1 Å². The van der Waals surface area contributed by atoms with Gasteiger partial charge < -0.3 is 0 Å². The van der Waals surface area contributed by atoms with Gasteiger partial charge in [0.1, 0.15) is 0 Å². The summed E-state index contributed by atoms with van der Waals surface area (Å²) in [5.74, 6) is 1.42. The van der Waals surface area contributed by atoms with Gasteiger partial charge in [-0.25, -0.2) is 0 Å². The fourth-order valence-electron chi connectivity index (χ4n) is 3.93. The fourth-order valence-corrected chi connectivity index (χ4v) is 3.93. The maximum atomic E-state index is 2.35. The highest BCUT2D eigenvalue weighted by molar-refractivity contribution is 5.43. The van der Waals surface area contributed by atoms with Crippen LogP contribution in [0.4, 0.5) is 0 Å². The van der Waals surface area contributed by atoms with Crippen molar-refractivity contribution in [3.63, 3.8) is 0 Å². The molecule has 0 spiro atoms. The van der Waals surface area contributed by atoms with Gasteiger partial charge in [-0.2, -0.15) is 0 Å². The van der Waals surface area contributed by atoms with Crippen LogP contribution >= 0.6 is 0 Å². The summed E-state index contributed by atoms with van der Waals surface area (Å²) in [6, 6.07) is 28.8. The Morgan fingerprint density at radius 1 is 0.667 bits per heavy atom. The molecule has 0 saturated heterocycles. The molecule has 1 saturated carbocycles. The highest BCUT2D eigenvalue weighted by atomic mass is 14.4. The molecule has 0 heteroatoms. The molecule has 1 fully saturated rings. The SMILES string of the molecule is Cc1ccccc1C1CC1c1ccccc1CCc1ccccc1. The lowest BCUT2D eigenvalue weighted by Gasteiger charge is -2.11. The van der Waals surface area contributed by atoms with Crippen molar-refractivity contribution in [2.75, 3.05) is 0 Å². The summed E-state index contributed by atoms with van der Waals surface area (Å²) >= 11 is 0. The number of aryl methyl sites for hydroxylation is 3. The van der Waals surface area contributed by atoms with Crippen molar-refractivity contribution in [1.82, 2.24) is 0 Å². The van der Waals surface area contributed by atoms with E-state index in [-0.39, 0.29) is 0 Å². The van der Waals surface area contributed by atoms with Crippen molar-refractivity contribution in [1.29, 1.82) is 0 Å². The molecule has 4 rings (SSSR count).